The van der Waals surface area contributed by atoms with Crippen molar-refractivity contribution in [3.05, 3.63) is 60.0 Å². The minimum absolute atomic E-state index is 0.162. The highest BCUT2D eigenvalue weighted by atomic mass is 19.1. The summed E-state index contributed by atoms with van der Waals surface area (Å²) in [7, 11) is 0. The maximum absolute atomic E-state index is 12.9. The van der Waals surface area contributed by atoms with Gasteiger partial charge in [0.2, 0.25) is 0 Å². The molecule has 2 heteroatoms. The number of benzene rings is 1. The van der Waals surface area contributed by atoms with Gasteiger partial charge in [0.15, 0.2) is 0 Å². The highest BCUT2D eigenvalue weighted by Gasteiger charge is 2.20. The van der Waals surface area contributed by atoms with Crippen molar-refractivity contribution in [3.63, 3.8) is 0 Å². The van der Waals surface area contributed by atoms with Crippen molar-refractivity contribution >= 4 is 0 Å². The van der Waals surface area contributed by atoms with Crippen LogP contribution in [0.25, 0.3) is 0 Å². The molecule has 0 bridgehead atoms. The molecule has 0 saturated heterocycles. The fourth-order valence-corrected chi connectivity index (χ4v) is 2.70. The molecule has 1 fully saturated rings. The lowest BCUT2D eigenvalue weighted by Gasteiger charge is -2.27. The van der Waals surface area contributed by atoms with Crippen molar-refractivity contribution < 1.29 is 4.39 Å². The fraction of sp³-hybridized carbons (Fsp3) is 0.353. The smallest absolute Gasteiger partial charge is 0.123 e. The van der Waals surface area contributed by atoms with Crippen molar-refractivity contribution in [2.75, 3.05) is 0 Å². The first kappa shape index (κ1) is 13.5. The number of hydrogen-bond donors (Lipinski definition) is 0. The van der Waals surface area contributed by atoms with Gasteiger partial charge in [-0.25, -0.2) is 4.39 Å². The number of rotatable bonds is 3. The van der Waals surface area contributed by atoms with E-state index in [0.717, 1.165) is 12.8 Å². The van der Waals surface area contributed by atoms with Crippen LogP contribution in [0.3, 0.4) is 0 Å². The molecule has 0 aromatic heterocycles. The lowest BCUT2D eigenvalue weighted by atomic mass is 9.78. The number of hydrogen-bond acceptors (Lipinski definition) is 1. The molecule has 1 aromatic carbocycles. The quantitative estimate of drug-likeness (QED) is 0.565. The Kier molecular flexibility index (Phi) is 4.92. The predicted molar refractivity (Wildman–Crippen MR) is 75.0 cm³/mol. The van der Waals surface area contributed by atoms with Crippen LogP contribution in [0.15, 0.2) is 48.6 Å². The second kappa shape index (κ2) is 6.89. The fourth-order valence-electron chi connectivity index (χ4n) is 2.70. The topological polar surface area (TPSA) is 23.8 Å². The minimum atomic E-state index is -0.162. The van der Waals surface area contributed by atoms with Gasteiger partial charge in [-0.05, 0) is 55.2 Å². The monoisotopic (exact) mass is 255 g/mol. The van der Waals surface area contributed by atoms with Crippen LogP contribution in [0.2, 0.25) is 0 Å². The van der Waals surface area contributed by atoms with Crippen molar-refractivity contribution in [3.8, 4) is 6.07 Å². The zero-order valence-electron chi connectivity index (χ0n) is 10.9. The van der Waals surface area contributed by atoms with Gasteiger partial charge in [0.05, 0.1) is 6.07 Å². The molecule has 19 heavy (non-hydrogen) atoms. The number of allylic oxidation sites excluding steroid dienone is 4. The van der Waals surface area contributed by atoms with Crippen LogP contribution >= 0.6 is 0 Å². The van der Waals surface area contributed by atoms with E-state index in [4.69, 9.17) is 5.26 Å². The molecule has 0 amide bonds. The van der Waals surface area contributed by atoms with E-state index in [0.29, 0.717) is 11.8 Å². The van der Waals surface area contributed by atoms with Gasteiger partial charge in [-0.3, -0.25) is 0 Å². The van der Waals surface area contributed by atoms with Crippen LogP contribution in [0.5, 0.6) is 0 Å². The lowest BCUT2D eigenvalue weighted by Crippen LogP contribution is -2.11. The van der Waals surface area contributed by atoms with E-state index in [2.05, 4.69) is 6.08 Å². The molecule has 0 radical (unpaired) electrons. The van der Waals surface area contributed by atoms with E-state index in [1.54, 1.807) is 18.2 Å². The zero-order chi connectivity index (χ0) is 13.5. The van der Waals surface area contributed by atoms with Crippen molar-refractivity contribution in [2.24, 2.45) is 5.92 Å². The molecule has 0 heterocycles. The predicted octanol–water partition coefficient (Wildman–Crippen LogP) is 4.74. The average molecular weight is 255 g/mol. The molecule has 1 aliphatic rings. The van der Waals surface area contributed by atoms with E-state index in [1.165, 1.54) is 24.5 Å². The molecule has 0 unspecified atom stereocenters. The van der Waals surface area contributed by atoms with Crippen LogP contribution in [-0.4, -0.2) is 0 Å². The van der Waals surface area contributed by atoms with Crippen LogP contribution < -0.4 is 0 Å². The van der Waals surface area contributed by atoms with Gasteiger partial charge in [0, 0.05) is 6.08 Å². The first-order chi connectivity index (χ1) is 9.29. The summed E-state index contributed by atoms with van der Waals surface area (Å²) in [5.41, 5.74) is 1.26. The van der Waals surface area contributed by atoms with Crippen molar-refractivity contribution in [1.29, 1.82) is 5.26 Å². The van der Waals surface area contributed by atoms with Gasteiger partial charge in [-0.2, -0.15) is 5.26 Å². The summed E-state index contributed by atoms with van der Waals surface area (Å²) >= 11 is 0. The summed E-state index contributed by atoms with van der Waals surface area (Å²) in [5.74, 6) is 1.02. The lowest BCUT2D eigenvalue weighted by molar-refractivity contribution is 0.375. The maximum atomic E-state index is 12.9. The molecule has 98 valence electrons. The number of nitrogens with zero attached hydrogens (tertiary/aromatic N) is 1. The highest BCUT2D eigenvalue weighted by molar-refractivity contribution is 5.21. The number of nitriles is 1. The molecular formula is C17H18FN. The Morgan fingerprint density at radius 2 is 1.74 bits per heavy atom. The summed E-state index contributed by atoms with van der Waals surface area (Å²) in [6, 6.07) is 8.89. The average Bonchev–Trinajstić information content (AvgIpc) is 2.45. The first-order valence-corrected chi connectivity index (χ1v) is 6.78. The second-order valence-electron chi connectivity index (χ2n) is 5.04. The summed E-state index contributed by atoms with van der Waals surface area (Å²) in [4.78, 5) is 0. The highest BCUT2D eigenvalue weighted by Crippen LogP contribution is 2.36. The number of halogens is 1. The Morgan fingerprint density at radius 1 is 1.05 bits per heavy atom. The van der Waals surface area contributed by atoms with Crippen LogP contribution in [0, 0.1) is 23.1 Å². The molecule has 1 saturated carbocycles. The summed E-state index contributed by atoms with van der Waals surface area (Å²) in [6.45, 7) is 0. The molecule has 0 atom stereocenters. The Hall–Kier alpha value is -1.88. The Bertz CT molecular complexity index is 485. The third kappa shape index (κ3) is 4.06. The molecule has 2 rings (SSSR count). The normalized spacial score (nSPS) is 23.8. The maximum Gasteiger partial charge on any atom is 0.123 e. The van der Waals surface area contributed by atoms with Crippen LogP contribution in [0.4, 0.5) is 4.39 Å². The van der Waals surface area contributed by atoms with Gasteiger partial charge < -0.3 is 0 Å². The SMILES string of the molecule is N#C/C=C/C=C/[C@H]1CC[C@H](c2ccc(F)cc2)CC1. The Labute approximate surface area is 114 Å². The van der Waals surface area contributed by atoms with Gasteiger partial charge in [0.25, 0.3) is 0 Å². The molecule has 1 aromatic rings. The Morgan fingerprint density at radius 3 is 2.37 bits per heavy atom. The van der Waals surface area contributed by atoms with Crippen molar-refractivity contribution in [1.82, 2.24) is 0 Å². The summed E-state index contributed by atoms with van der Waals surface area (Å²) in [6.07, 6.45) is 12.1. The third-order valence-corrected chi connectivity index (χ3v) is 3.78. The molecular weight excluding hydrogens is 237 g/mol. The van der Waals surface area contributed by atoms with E-state index < -0.39 is 0 Å². The van der Waals surface area contributed by atoms with Gasteiger partial charge in [-0.1, -0.05) is 30.4 Å². The standard InChI is InChI=1S/C17H18FN/c18-17-11-9-16(10-12-17)15-7-5-14(6-8-15)4-2-1-3-13-19/h1-4,9-12,14-15H,5-8H2/b3-1+,4-2+/t14-,15-. The van der Waals surface area contributed by atoms with E-state index in [1.807, 2.05) is 24.3 Å². The van der Waals surface area contributed by atoms with Gasteiger partial charge in [-0.15, -0.1) is 0 Å². The summed E-state index contributed by atoms with van der Waals surface area (Å²) < 4.78 is 12.9. The van der Waals surface area contributed by atoms with Gasteiger partial charge >= 0.3 is 0 Å². The molecule has 1 nitrogen and oxygen atoms in total. The second-order valence-corrected chi connectivity index (χ2v) is 5.04. The summed E-state index contributed by atoms with van der Waals surface area (Å²) in [5, 5.41) is 8.39. The molecule has 0 spiro atoms. The minimum Gasteiger partial charge on any atom is -0.207 e. The zero-order valence-corrected chi connectivity index (χ0v) is 10.9. The van der Waals surface area contributed by atoms with Crippen molar-refractivity contribution in [2.45, 2.75) is 31.6 Å². The van der Waals surface area contributed by atoms with Crippen LogP contribution in [0.1, 0.15) is 37.2 Å². The van der Waals surface area contributed by atoms with E-state index in [9.17, 15) is 4.39 Å². The Balaban J connectivity index is 1.85. The molecule has 0 aliphatic heterocycles. The van der Waals surface area contributed by atoms with E-state index in [-0.39, 0.29) is 5.82 Å². The molecule has 1 aliphatic carbocycles. The largest absolute Gasteiger partial charge is 0.207 e. The molecule has 0 N–H and O–H groups in total. The van der Waals surface area contributed by atoms with E-state index >= 15 is 0 Å². The van der Waals surface area contributed by atoms with Gasteiger partial charge in [0.1, 0.15) is 5.82 Å². The van der Waals surface area contributed by atoms with Crippen LogP contribution in [-0.2, 0) is 0 Å². The first-order valence-electron chi connectivity index (χ1n) is 6.78. The third-order valence-electron chi connectivity index (χ3n) is 3.78.